The average Bonchev–Trinajstić information content (AvgIpc) is 4.06. The average molecular weight is 1040 g/mol. The van der Waals surface area contributed by atoms with Crippen molar-refractivity contribution in [3.05, 3.63) is 297 Å². The van der Waals surface area contributed by atoms with Gasteiger partial charge in [0.15, 0.2) is 0 Å². The second-order valence-electron chi connectivity index (χ2n) is 27.2. The first-order valence-electron chi connectivity index (χ1n) is 29.1. The van der Waals surface area contributed by atoms with Gasteiger partial charge in [0.2, 0.25) is 0 Å². The molecule has 0 bridgehead atoms. The highest BCUT2D eigenvalue weighted by atomic mass is 14.6. The van der Waals surface area contributed by atoms with Gasteiger partial charge < -0.3 is 0 Å². The number of benzene rings is 11. The first-order valence-corrected chi connectivity index (χ1v) is 29.1. The molecule has 0 fully saturated rings. The first-order chi connectivity index (χ1) is 38.2. The van der Waals surface area contributed by atoms with Crippen molar-refractivity contribution in [2.24, 2.45) is 0 Å². The lowest BCUT2D eigenvalue weighted by Gasteiger charge is -2.41. The molecule has 0 amide bonds. The van der Waals surface area contributed by atoms with Crippen LogP contribution >= 0.6 is 0 Å². The second kappa shape index (κ2) is 18.2. The Labute approximate surface area is 476 Å². The van der Waals surface area contributed by atoms with E-state index >= 15 is 0 Å². The summed E-state index contributed by atoms with van der Waals surface area (Å²) in [7, 11) is 0. The SMILES string of the molecule is CC(C)(C)c1ccc(C2(c3ccc(C(C)(C)C)cc3)c3cc(-c4ccccc4)c4ccccc4c3-c3ccc4c(c32)C(c2ccc(C(C)(C)C)cc2)(c2ccc(C(C)(C)C)cc2)c2cc(-c3ccccc3)c3ccccc3c2-4)cc1. The molecule has 0 aliphatic heterocycles. The highest BCUT2D eigenvalue weighted by Gasteiger charge is 2.57. The van der Waals surface area contributed by atoms with Gasteiger partial charge in [0.1, 0.15) is 0 Å². The van der Waals surface area contributed by atoms with Gasteiger partial charge in [0, 0.05) is 0 Å². The molecule has 0 unspecified atom stereocenters. The molecule has 0 saturated carbocycles. The number of hydrogen-bond donors (Lipinski definition) is 0. The third-order valence-electron chi connectivity index (χ3n) is 18.3. The summed E-state index contributed by atoms with van der Waals surface area (Å²) in [5.74, 6) is 0. The molecule has 11 aromatic rings. The minimum Gasteiger partial charge on any atom is -0.0622 e. The van der Waals surface area contributed by atoms with Crippen LogP contribution < -0.4 is 0 Å². The highest BCUT2D eigenvalue weighted by molar-refractivity contribution is 6.14. The monoisotopic (exact) mass is 1030 g/mol. The lowest BCUT2D eigenvalue weighted by molar-refractivity contribution is 0.587. The van der Waals surface area contributed by atoms with Crippen LogP contribution in [0.3, 0.4) is 0 Å². The molecule has 0 atom stereocenters. The minimum absolute atomic E-state index is 0.0454. The van der Waals surface area contributed by atoms with Crippen LogP contribution in [0.15, 0.2) is 231 Å². The van der Waals surface area contributed by atoms with E-state index in [0.717, 1.165) is 0 Å². The molecule has 0 spiro atoms. The highest BCUT2D eigenvalue weighted by Crippen LogP contribution is 2.68. The third-order valence-corrected chi connectivity index (χ3v) is 18.3. The normalized spacial score (nSPS) is 14.4. The van der Waals surface area contributed by atoms with Gasteiger partial charge in [-0.25, -0.2) is 0 Å². The molecule has 0 heteroatoms. The van der Waals surface area contributed by atoms with E-state index in [2.05, 4.69) is 314 Å². The summed E-state index contributed by atoms with van der Waals surface area (Å²) in [6, 6.07) is 90.4. The summed E-state index contributed by atoms with van der Waals surface area (Å²) < 4.78 is 0. The number of rotatable bonds is 6. The molecule has 0 N–H and O–H groups in total. The van der Waals surface area contributed by atoms with Gasteiger partial charge in [-0.15, -0.1) is 0 Å². The zero-order chi connectivity index (χ0) is 55.7. The zero-order valence-electron chi connectivity index (χ0n) is 48.9. The maximum Gasteiger partial charge on any atom is 0.0717 e. The zero-order valence-corrected chi connectivity index (χ0v) is 48.9. The summed E-state index contributed by atoms with van der Waals surface area (Å²) >= 11 is 0. The Balaban J connectivity index is 1.30. The van der Waals surface area contributed by atoms with Crippen LogP contribution in [0.2, 0.25) is 0 Å². The Hall–Kier alpha value is -8.06. The largest absolute Gasteiger partial charge is 0.0717 e. The van der Waals surface area contributed by atoms with Crippen LogP contribution in [0, 0.1) is 0 Å². The van der Waals surface area contributed by atoms with Crippen molar-refractivity contribution < 1.29 is 0 Å². The van der Waals surface area contributed by atoms with Crippen molar-refractivity contribution in [2.45, 2.75) is 116 Å². The van der Waals surface area contributed by atoms with E-state index < -0.39 is 10.8 Å². The molecular weight excluding hydrogens is 961 g/mol. The van der Waals surface area contributed by atoms with Crippen molar-refractivity contribution in [1.29, 1.82) is 0 Å². The Morgan fingerprint density at radius 1 is 0.237 bits per heavy atom. The molecule has 0 nitrogen and oxygen atoms in total. The molecule has 2 aliphatic carbocycles. The molecule has 80 heavy (non-hydrogen) atoms. The fraction of sp³-hybridized carbons (Fsp3) is 0.225. The predicted molar refractivity (Wildman–Crippen MR) is 342 cm³/mol. The molecule has 0 radical (unpaired) electrons. The summed E-state index contributed by atoms with van der Waals surface area (Å²) in [4.78, 5) is 0. The first kappa shape index (κ1) is 51.4. The Bertz CT molecular complexity index is 3790. The third kappa shape index (κ3) is 7.76. The molecule has 13 rings (SSSR count). The van der Waals surface area contributed by atoms with Crippen LogP contribution in [0.1, 0.15) is 150 Å². The summed E-state index contributed by atoms with van der Waals surface area (Å²) in [5.41, 5.74) is 24.0. The van der Waals surface area contributed by atoms with Crippen molar-refractivity contribution >= 4 is 21.5 Å². The lowest BCUT2D eigenvalue weighted by atomic mass is 9.59. The van der Waals surface area contributed by atoms with Crippen LogP contribution in [-0.2, 0) is 32.5 Å². The fourth-order valence-corrected chi connectivity index (χ4v) is 14.1. The number of hydrogen-bond acceptors (Lipinski definition) is 0. The predicted octanol–water partition coefficient (Wildman–Crippen LogP) is 21.2. The molecule has 11 aromatic carbocycles. The van der Waals surface area contributed by atoms with Crippen LogP contribution in [0.5, 0.6) is 0 Å². The van der Waals surface area contributed by atoms with E-state index in [1.54, 1.807) is 0 Å². The van der Waals surface area contributed by atoms with Crippen LogP contribution in [-0.4, -0.2) is 0 Å². The van der Waals surface area contributed by atoms with Gasteiger partial charge >= 0.3 is 0 Å². The lowest BCUT2D eigenvalue weighted by Crippen LogP contribution is -2.36. The molecular formula is C80H74. The smallest absolute Gasteiger partial charge is 0.0622 e. The second-order valence-corrected chi connectivity index (χ2v) is 27.2. The topological polar surface area (TPSA) is 0 Å². The molecule has 0 heterocycles. The molecule has 2 aliphatic rings. The van der Waals surface area contributed by atoms with Crippen LogP contribution in [0.25, 0.3) is 66.1 Å². The summed E-state index contributed by atoms with van der Waals surface area (Å²) in [6.45, 7) is 28.0. The summed E-state index contributed by atoms with van der Waals surface area (Å²) in [6.07, 6.45) is 0. The molecule has 0 aromatic heterocycles. The van der Waals surface area contributed by atoms with Crippen LogP contribution in [0.4, 0.5) is 0 Å². The van der Waals surface area contributed by atoms with Gasteiger partial charge in [0.25, 0.3) is 0 Å². The summed E-state index contributed by atoms with van der Waals surface area (Å²) in [5, 5.41) is 5.06. The Kier molecular flexibility index (Phi) is 11.7. The van der Waals surface area contributed by atoms with Gasteiger partial charge in [-0.3, -0.25) is 0 Å². The van der Waals surface area contributed by atoms with E-state index in [-0.39, 0.29) is 21.7 Å². The fourth-order valence-electron chi connectivity index (χ4n) is 14.1. The maximum absolute atomic E-state index is 2.61. The Morgan fingerprint density at radius 2 is 0.487 bits per heavy atom. The van der Waals surface area contributed by atoms with E-state index in [0.29, 0.717) is 0 Å². The van der Waals surface area contributed by atoms with Gasteiger partial charge in [-0.1, -0.05) is 301 Å². The standard InChI is InChI=1S/C80H74/c1-75(2,3)53-31-39-57(40-32-53)79(58-41-33-54(34-42-58)76(4,5)6)69-49-67(51-23-15-13-16-24-51)61-27-19-21-29-63(61)71(69)65-47-48-66-72-64-30-22-20-28-62(64)68(52-25-17-14-18-26-52)50-70(72)80(74(66)73(65)79,59-43-35-55(36-44-59)77(7,8)9)60-45-37-56(38-46-60)78(10,11)12/h13-50H,1-12H3. The van der Waals surface area contributed by atoms with Crippen molar-refractivity contribution in [2.75, 3.05) is 0 Å². The van der Waals surface area contributed by atoms with E-state index in [1.807, 2.05) is 0 Å². The van der Waals surface area contributed by atoms with E-state index in [1.165, 1.54) is 133 Å². The van der Waals surface area contributed by atoms with Crippen molar-refractivity contribution in [1.82, 2.24) is 0 Å². The maximum atomic E-state index is 2.61. The van der Waals surface area contributed by atoms with E-state index in [9.17, 15) is 0 Å². The molecule has 0 saturated heterocycles. The van der Waals surface area contributed by atoms with Crippen molar-refractivity contribution in [3.8, 4) is 44.5 Å². The van der Waals surface area contributed by atoms with Crippen molar-refractivity contribution in [3.63, 3.8) is 0 Å². The quantitative estimate of drug-likeness (QED) is 0.156. The van der Waals surface area contributed by atoms with Gasteiger partial charge in [-0.2, -0.15) is 0 Å². The minimum atomic E-state index is -0.807. The van der Waals surface area contributed by atoms with Gasteiger partial charge in [0.05, 0.1) is 10.8 Å². The van der Waals surface area contributed by atoms with E-state index in [4.69, 9.17) is 0 Å². The number of fused-ring (bicyclic) bond motifs is 11. The Morgan fingerprint density at radius 3 is 0.750 bits per heavy atom. The van der Waals surface area contributed by atoms with Gasteiger partial charge in [-0.05, 0) is 167 Å². The molecule has 394 valence electrons.